The molecular weight excluding hydrogens is 439 g/mol. The molecule has 0 bridgehead atoms. The summed E-state index contributed by atoms with van der Waals surface area (Å²) in [5, 5.41) is 20.5. The Morgan fingerprint density at radius 3 is 1.59 bits per heavy atom. The van der Waals surface area contributed by atoms with Crippen LogP contribution in [0.2, 0.25) is 0 Å². The Bertz CT molecular complexity index is 797. The Labute approximate surface area is 153 Å². The van der Waals surface area contributed by atoms with Crippen LogP contribution in [0, 0.1) is 10.1 Å². The lowest BCUT2D eigenvalue weighted by molar-refractivity contribution is -0.487. The molecule has 29 heavy (non-hydrogen) atoms. The van der Waals surface area contributed by atoms with Gasteiger partial charge in [-0.15, -0.1) is 0 Å². The molecule has 0 heterocycles. The third-order valence-corrected chi connectivity index (χ3v) is 4.54. The van der Waals surface area contributed by atoms with Gasteiger partial charge in [-0.05, 0) is 6.07 Å². The van der Waals surface area contributed by atoms with Gasteiger partial charge in [-0.25, -0.2) is 4.39 Å². The van der Waals surface area contributed by atoms with Crippen molar-refractivity contribution in [1.82, 2.24) is 0 Å². The van der Waals surface area contributed by atoms with E-state index >= 15 is 0 Å². The molecule has 1 aromatic carbocycles. The first-order valence-corrected chi connectivity index (χ1v) is 7.30. The summed E-state index contributed by atoms with van der Waals surface area (Å²) in [4.78, 5) is 9.50. The van der Waals surface area contributed by atoms with E-state index in [-0.39, 0.29) is 0 Å². The Morgan fingerprint density at radius 2 is 1.17 bits per heavy atom. The molecular formula is C14H8F11NO3. The lowest BCUT2D eigenvalue weighted by atomic mass is 9.69. The van der Waals surface area contributed by atoms with Crippen molar-refractivity contribution in [2.75, 3.05) is 0 Å². The van der Waals surface area contributed by atoms with E-state index in [1.165, 1.54) is 0 Å². The Kier molecular flexibility index (Phi) is 4.90. The maximum absolute atomic E-state index is 14.6. The highest BCUT2D eigenvalue weighted by molar-refractivity contribution is 5.42. The van der Waals surface area contributed by atoms with Crippen molar-refractivity contribution in [3.8, 4) is 0 Å². The normalized spacial score (nSPS) is 26.5. The van der Waals surface area contributed by atoms with Crippen LogP contribution in [0.3, 0.4) is 0 Å². The smallest absolute Gasteiger partial charge is 0.384 e. The van der Waals surface area contributed by atoms with Gasteiger partial charge in [0.2, 0.25) is 0 Å². The van der Waals surface area contributed by atoms with Crippen LogP contribution in [0.5, 0.6) is 0 Å². The molecule has 1 aliphatic carbocycles. The molecule has 15 heteroatoms. The zero-order valence-corrected chi connectivity index (χ0v) is 13.5. The molecule has 164 valence electrons. The van der Waals surface area contributed by atoms with Crippen molar-refractivity contribution < 1.29 is 58.3 Å². The molecule has 2 rings (SSSR count). The van der Waals surface area contributed by atoms with Gasteiger partial charge in [0.1, 0.15) is 0 Å². The highest BCUT2D eigenvalue weighted by Gasteiger charge is 3.00. The van der Waals surface area contributed by atoms with E-state index in [1.54, 1.807) is 0 Å². The largest absolute Gasteiger partial charge is 0.388 e. The molecule has 1 unspecified atom stereocenters. The molecule has 0 amide bonds. The minimum absolute atomic E-state index is 0.510. The molecule has 0 spiro atoms. The van der Waals surface area contributed by atoms with E-state index < -0.39 is 64.0 Å². The number of nitro groups is 1. The summed E-state index contributed by atoms with van der Waals surface area (Å²) in [5.41, 5.74) is -8.78. The zero-order valence-electron chi connectivity index (χ0n) is 13.5. The first-order chi connectivity index (χ1) is 12.8. The number of nitro benzene ring substituents is 1. The molecule has 0 saturated heterocycles. The molecule has 1 aromatic rings. The van der Waals surface area contributed by atoms with E-state index in [0.717, 1.165) is 12.1 Å². The predicted octanol–water partition coefficient (Wildman–Crippen LogP) is 4.92. The van der Waals surface area contributed by atoms with Crippen LogP contribution in [0.15, 0.2) is 24.3 Å². The average Bonchev–Trinajstić information content (AvgIpc) is 2.59. The average molecular weight is 447 g/mol. The van der Waals surface area contributed by atoms with E-state index in [0.29, 0.717) is 12.1 Å². The minimum Gasteiger partial charge on any atom is -0.388 e. The molecule has 1 aliphatic rings. The van der Waals surface area contributed by atoms with E-state index in [9.17, 15) is 63.5 Å². The molecule has 0 aliphatic heterocycles. The number of rotatable bonds is 4. The highest BCUT2D eigenvalue weighted by atomic mass is 19.4. The van der Waals surface area contributed by atoms with Crippen LogP contribution < -0.4 is 0 Å². The standard InChI is InChI=1S/C14H8F11NO3/c15-9(5-8(27)6-3-1-2-4-7(6)26(28)29)10(16,17)12(20,21)14(24,25)13(22,23)11(9,18)19/h1-4,8,27H,5H2. The van der Waals surface area contributed by atoms with Crippen molar-refractivity contribution in [2.24, 2.45) is 0 Å². The molecule has 1 saturated carbocycles. The Morgan fingerprint density at radius 1 is 0.793 bits per heavy atom. The van der Waals surface area contributed by atoms with Gasteiger partial charge in [-0.1, -0.05) is 12.1 Å². The second kappa shape index (κ2) is 6.15. The fraction of sp³-hybridized carbons (Fsp3) is 0.571. The number of benzene rings is 1. The van der Waals surface area contributed by atoms with Gasteiger partial charge >= 0.3 is 29.6 Å². The molecule has 1 N–H and O–H groups in total. The third-order valence-electron chi connectivity index (χ3n) is 4.54. The van der Waals surface area contributed by atoms with Gasteiger partial charge in [0.05, 0.1) is 16.6 Å². The van der Waals surface area contributed by atoms with Gasteiger partial charge in [-0.3, -0.25) is 10.1 Å². The van der Waals surface area contributed by atoms with Crippen molar-refractivity contribution in [3.05, 3.63) is 39.9 Å². The number of hydrogen-bond acceptors (Lipinski definition) is 3. The van der Waals surface area contributed by atoms with Gasteiger partial charge in [0, 0.05) is 12.5 Å². The summed E-state index contributed by atoms with van der Waals surface area (Å²) in [5.74, 6) is -36.2. The van der Waals surface area contributed by atoms with Crippen molar-refractivity contribution in [2.45, 2.75) is 47.8 Å². The summed E-state index contributed by atoms with van der Waals surface area (Å²) in [6.45, 7) is 0. The summed E-state index contributed by atoms with van der Waals surface area (Å²) < 4.78 is 150. The lowest BCUT2D eigenvalue weighted by Gasteiger charge is -2.52. The molecule has 1 atom stereocenters. The van der Waals surface area contributed by atoms with Gasteiger partial charge in [-0.2, -0.15) is 43.9 Å². The quantitative estimate of drug-likeness (QED) is 0.405. The van der Waals surface area contributed by atoms with Crippen LogP contribution in [-0.4, -0.2) is 45.3 Å². The van der Waals surface area contributed by atoms with Crippen LogP contribution in [0.25, 0.3) is 0 Å². The fourth-order valence-corrected chi connectivity index (χ4v) is 2.85. The fourth-order valence-electron chi connectivity index (χ4n) is 2.85. The minimum atomic E-state index is -7.37. The number of aliphatic hydroxyl groups excluding tert-OH is 1. The SMILES string of the molecule is O=[N+]([O-])c1ccccc1C(O)CC1(F)C(F)(F)C(F)(F)C(F)(F)C(F)(F)C1(F)F. The number of halogens is 11. The number of nitrogens with zero attached hydrogens (tertiary/aromatic N) is 1. The van der Waals surface area contributed by atoms with Crippen molar-refractivity contribution in [3.63, 3.8) is 0 Å². The second-order valence-electron chi connectivity index (χ2n) is 6.21. The van der Waals surface area contributed by atoms with Crippen molar-refractivity contribution >= 4 is 5.69 Å². The zero-order chi connectivity index (χ0) is 22.8. The first-order valence-electron chi connectivity index (χ1n) is 7.30. The molecule has 0 aromatic heterocycles. The number of aliphatic hydroxyl groups is 1. The van der Waals surface area contributed by atoms with Crippen molar-refractivity contribution in [1.29, 1.82) is 0 Å². The topological polar surface area (TPSA) is 63.4 Å². The monoisotopic (exact) mass is 447 g/mol. The van der Waals surface area contributed by atoms with Gasteiger partial charge in [0.15, 0.2) is 0 Å². The third kappa shape index (κ3) is 2.55. The highest BCUT2D eigenvalue weighted by Crippen LogP contribution is 2.70. The Balaban J connectivity index is 2.68. The van der Waals surface area contributed by atoms with E-state index in [2.05, 4.69) is 0 Å². The second-order valence-corrected chi connectivity index (χ2v) is 6.21. The number of alkyl halides is 11. The summed E-state index contributed by atoms with van der Waals surface area (Å²) >= 11 is 0. The maximum Gasteiger partial charge on any atom is 0.384 e. The molecule has 4 nitrogen and oxygen atoms in total. The lowest BCUT2D eigenvalue weighted by Crippen LogP contribution is -2.83. The summed E-state index contributed by atoms with van der Waals surface area (Å²) in [7, 11) is 0. The van der Waals surface area contributed by atoms with E-state index in [1.807, 2.05) is 0 Å². The van der Waals surface area contributed by atoms with Gasteiger partial charge in [0.25, 0.3) is 11.4 Å². The summed E-state index contributed by atoms with van der Waals surface area (Å²) in [6, 6.07) is 2.85. The number of hydrogen-bond donors (Lipinski definition) is 1. The van der Waals surface area contributed by atoms with Crippen LogP contribution in [0.4, 0.5) is 54.0 Å². The first kappa shape index (κ1) is 23.1. The summed E-state index contributed by atoms with van der Waals surface area (Å²) in [6.07, 6.45) is -6.13. The molecule has 0 radical (unpaired) electrons. The van der Waals surface area contributed by atoms with E-state index in [4.69, 9.17) is 0 Å². The predicted molar refractivity (Wildman–Crippen MR) is 71.2 cm³/mol. The number of para-hydroxylation sites is 1. The van der Waals surface area contributed by atoms with Crippen LogP contribution in [0.1, 0.15) is 18.1 Å². The molecule has 1 fully saturated rings. The van der Waals surface area contributed by atoms with Gasteiger partial charge < -0.3 is 5.11 Å². The van der Waals surface area contributed by atoms with Crippen LogP contribution in [-0.2, 0) is 0 Å². The Hall–Kier alpha value is -2.19. The maximum atomic E-state index is 14.6. The van der Waals surface area contributed by atoms with Crippen LogP contribution >= 0.6 is 0 Å².